The van der Waals surface area contributed by atoms with E-state index in [1.807, 2.05) is 22.0 Å². The Kier molecular flexibility index (Phi) is 7.74. The van der Waals surface area contributed by atoms with E-state index in [2.05, 4.69) is 47.3 Å². The van der Waals surface area contributed by atoms with Crippen molar-refractivity contribution < 1.29 is 23.2 Å². The summed E-state index contributed by atoms with van der Waals surface area (Å²) in [4.78, 5) is 32.4. The van der Waals surface area contributed by atoms with Gasteiger partial charge in [-0.05, 0) is 49.5 Å². The molecule has 2 amide bonds. The largest absolute Gasteiger partial charge is 0.441 e. The lowest BCUT2D eigenvalue weighted by atomic mass is 9.89. The van der Waals surface area contributed by atoms with E-state index in [-0.39, 0.29) is 29.7 Å². The average molecular weight is 599 g/mol. The maximum Gasteiger partial charge on any atom is 0.410 e. The quantitative estimate of drug-likeness (QED) is 0.348. The summed E-state index contributed by atoms with van der Waals surface area (Å²) in [6, 6.07) is 13.2. The highest BCUT2D eigenvalue weighted by Crippen LogP contribution is 2.36. The molecule has 3 saturated heterocycles. The number of hydrogen-bond acceptors (Lipinski definition) is 6. The lowest BCUT2D eigenvalue weighted by Gasteiger charge is -2.37. The Morgan fingerprint density at radius 3 is 2.55 bits per heavy atom. The molecule has 8 nitrogen and oxygen atoms in total. The Labute approximate surface area is 257 Å². The number of carbonyl (C=O) groups is 2. The number of ether oxygens (including phenoxy) is 1. The summed E-state index contributed by atoms with van der Waals surface area (Å²) in [7, 11) is 0. The summed E-state index contributed by atoms with van der Waals surface area (Å²) in [5.74, 6) is -0.212. The lowest BCUT2D eigenvalue weighted by Crippen LogP contribution is -2.46. The van der Waals surface area contributed by atoms with Crippen LogP contribution < -0.4 is 0 Å². The SMILES string of the molecule is Cc1ccc(CN2CCC3(CC2)CN(CC2=CCC(C(=O)N4CCC(c5noc6cc(F)ccc56)CC4)C=C2)C(=O)O3)cc1. The van der Waals surface area contributed by atoms with Gasteiger partial charge in [-0.2, -0.15) is 0 Å². The zero-order valence-corrected chi connectivity index (χ0v) is 25.2. The fraction of sp³-hybridized carbons (Fsp3) is 0.457. The molecule has 4 heterocycles. The highest BCUT2D eigenvalue weighted by molar-refractivity contribution is 5.82. The molecule has 44 heavy (non-hydrogen) atoms. The van der Waals surface area contributed by atoms with Crippen LogP contribution in [0.15, 0.2) is 70.8 Å². The molecule has 1 unspecified atom stereocenters. The van der Waals surface area contributed by atoms with Gasteiger partial charge in [0.05, 0.1) is 18.2 Å². The van der Waals surface area contributed by atoms with Crippen LogP contribution in [0.25, 0.3) is 11.0 Å². The van der Waals surface area contributed by atoms with E-state index in [4.69, 9.17) is 9.26 Å². The predicted octanol–water partition coefficient (Wildman–Crippen LogP) is 5.97. The number of aryl methyl sites for hydroxylation is 1. The number of rotatable bonds is 6. The van der Waals surface area contributed by atoms with Crippen molar-refractivity contribution in [3.05, 3.63) is 88.9 Å². The van der Waals surface area contributed by atoms with E-state index in [9.17, 15) is 14.0 Å². The van der Waals surface area contributed by atoms with Crippen molar-refractivity contribution >= 4 is 23.0 Å². The van der Waals surface area contributed by atoms with E-state index in [1.165, 1.54) is 23.3 Å². The van der Waals surface area contributed by atoms with Crippen molar-refractivity contribution in [2.45, 2.75) is 57.1 Å². The maximum atomic E-state index is 13.5. The summed E-state index contributed by atoms with van der Waals surface area (Å²) < 4.78 is 24.9. The third-order valence-electron chi connectivity index (χ3n) is 9.86. The number of nitrogens with zero attached hydrogens (tertiary/aromatic N) is 4. The van der Waals surface area contributed by atoms with Crippen LogP contribution in [0.2, 0.25) is 0 Å². The summed E-state index contributed by atoms with van der Waals surface area (Å²) >= 11 is 0. The second kappa shape index (κ2) is 11.8. The van der Waals surface area contributed by atoms with Crippen molar-refractivity contribution in [2.24, 2.45) is 5.92 Å². The molecule has 0 bridgehead atoms. The molecular formula is C35H39FN4O4. The summed E-state index contributed by atoms with van der Waals surface area (Å²) in [6.45, 7) is 7.28. The van der Waals surface area contributed by atoms with Gasteiger partial charge < -0.3 is 14.2 Å². The molecular weight excluding hydrogens is 559 g/mol. The van der Waals surface area contributed by atoms with Crippen LogP contribution in [0.1, 0.15) is 54.8 Å². The second-order valence-corrected chi connectivity index (χ2v) is 13.0. The maximum absolute atomic E-state index is 13.5. The number of halogens is 1. The second-order valence-electron chi connectivity index (χ2n) is 13.0. The van der Waals surface area contributed by atoms with Crippen molar-refractivity contribution in [1.82, 2.24) is 19.9 Å². The van der Waals surface area contributed by atoms with Gasteiger partial charge >= 0.3 is 6.09 Å². The van der Waals surface area contributed by atoms with Gasteiger partial charge in [0, 0.05) is 69.5 Å². The third kappa shape index (κ3) is 5.89. The highest BCUT2D eigenvalue weighted by Gasteiger charge is 2.47. The Bertz CT molecular complexity index is 1600. The van der Waals surface area contributed by atoms with E-state index in [0.717, 1.165) is 62.0 Å². The molecule has 0 saturated carbocycles. The molecule has 1 spiro atoms. The molecule has 3 fully saturated rings. The lowest BCUT2D eigenvalue weighted by molar-refractivity contribution is -0.135. The molecule has 7 rings (SSSR count). The molecule has 0 radical (unpaired) electrons. The van der Waals surface area contributed by atoms with Crippen LogP contribution in [-0.2, 0) is 16.1 Å². The van der Waals surface area contributed by atoms with Gasteiger partial charge in [-0.15, -0.1) is 0 Å². The van der Waals surface area contributed by atoms with E-state index < -0.39 is 5.60 Å². The summed E-state index contributed by atoms with van der Waals surface area (Å²) in [5, 5.41) is 5.07. The average Bonchev–Trinajstić information content (AvgIpc) is 3.59. The minimum atomic E-state index is -0.404. The minimum Gasteiger partial charge on any atom is -0.441 e. The van der Waals surface area contributed by atoms with E-state index in [0.29, 0.717) is 38.2 Å². The monoisotopic (exact) mass is 598 g/mol. The number of aromatic nitrogens is 1. The van der Waals surface area contributed by atoms with Crippen molar-refractivity contribution in [3.63, 3.8) is 0 Å². The molecule has 1 atom stereocenters. The number of hydrogen-bond donors (Lipinski definition) is 0. The molecule has 3 aromatic rings. The van der Waals surface area contributed by atoms with Crippen molar-refractivity contribution in [2.75, 3.05) is 39.3 Å². The topological polar surface area (TPSA) is 79.1 Å². The molecule has 1 aromatic heterocycles. The smallest absolute Gasteiger partial charge is 0.410 e. The normalized spacial score (nSPS) is 22.5. The Hall–Kier alpha value is -3.98. The molecule has 9 heteroatoms. The van der Waals surface area contributed by atoms with Crippen LogP contribution >= 0.6 is 0 Å². The fourth-order valence-electron chi connectivity index (χ4n) is 7.16. The molecule has 0 N–H and O–H groups in total. The first-order chi connectivity index (χ1) is 21.3. The first-order valence-corrected chi connectivity index (χ1v) is 15.8. The van der Waals surface area contributed by atoms with Crippen LogP contribution in [-0.4, -0.2) is 76.7 Å². The van der Waals surface area contributed by atoms with Gasteiger partial charge in [0.25, 0.3) is 0 Å². The molecule has 2 aromatic carbocycles. The van der Waals surface area contributed by atoms with E-state index in [1.54, 1.807) is 6.07 Å². The van der Waals surface area contributed by atoms with Crippen LogP contribution in [0.4, 0.5) is 9.18 Å². The zero-order valence-electron chi connectivity index (χ0n) is 25.2. The standard InChI is InChI=1S/C35H39FN4O4/c1-24-2-4-25(5-3-24)21-38-18-14-35(15-19-38)23-40(34(42)43-35)22-26-6-8-28(9-7-26)33(41)39-16-12-27(13-17-39)32-30-11-10-29(36)20-31(30)44-37-32/h2-8,10-11,20,27-28H,9,12-19,21-23H2,1H3. The van der Waals surface area contributed by atoms with Crippen LogP contribution in [0.5, 0.6) is 0 Å². The number of fused-ring (bicyclic) bond motifs is 1. The Balaban J connectivity index is 0.877. The summed E-state index contributed by atoms with van der Waals surface area (Å²) in [6.07, 6.45) is 9.76. The van der Waals surface area contributed by atoms with Crippen LogP contribution in [0.3, 0.4) is 0 Å². The number of allylic oxidation sites excluding steroid dienone is 1. The summed E-state index contributed by atoms with van der Waals surface area (Å²) in [5.41, 5.74) is 4.54. The fourth-order valence-corrected chi connectivity index (χ4v) is 7.16. The van der Waals surface area contributed by atoms with Crippen LogP contribution in [0, 0.1) is 18.7 Å². The van der Waals surface area contributed by atoms with Gasteiger partial charge in [-0.1, -0.05) is 53.2 Å². The highest BCUT2D eigenvalue weighted by atomic mass is 19.1. The molecule has 1 aliphatic carbocycles. The zero-order chi connectivity index (χ0) is 30.3. The van der Waals surface area contributed by atoms with Crippen molar-refractivity contribution in [1.29, 1.82) is 0 Å². The minimum absolute atomic E-state index is 0.138. The Morgan fingerprint density at radius 1 is 1.05 bits per heavy atom. The predicted molar refractivity (Wildman–Crippen MR) is 164 cm³/mol. The number of piperidine rings is 2. The van der Waals surface area contributed by atoms with Crippen molar-refractivity contribution in [3.8, 4) is 0 Å². The molecule has 4 aliphatic rings. The molecule has 3 aliphatic heterocycles. The number of amides is 2. The van der Waals surface area contributed by atoms with Gasteiger partial charge in [-0.25, -0.2) is 9.18 Å². The number of likely N-dealkylation sites (tertiary alicyclic amines) is 2. The van der Waals surface area contributed by atoms with Gasteiger partial charge in [-0.3, -0.25) is 14.6 Å². The third-order valence-corrected chi connectivity index (χ3v) is 9.86. The Morgan fingerprint density at radius 2 is 1.82 bits per heavy atom. The first-order valence-electron chi connectivity index (χ1n) is 15.8. The van der Waals surface area contributed by atoms with E-state index >= 15 is 0 Å². The number of benzene rings is 2. The first kappa shape index (κ1) is 28.8. The van der Waals surface area contributed by atoms with Gasteiger partial charge in [0.15, 0.2) is 5.58 Å². The molecule has 230 valence electrons. The van der Waals surface area contributed by atoms with Gasteiger partial charge in [0.1, 0.15) is 11.4 Å². The number of carbonyl (C=O) groups excluding carboxylic acids is 2. The van der Waals surface area contributed by atoms with Gasteiger partial charge in [0.2, 0.25) is 5.91 Å².